The van der Waals surface area contributed by atoms with Crippen molar-refractivity contribution in [2.45, 2.75) is 33.0 Å². The molecule has 1 aromatic carbocycles. The number of esters is 1. The lowest BCUT2D eigenvalue weighted by atomic mass is 10.1. The molecule has 3 aromatic rings. The van der Waals surface area contributed by atoms with Crippen LogP contribution >= 0.6 is 0 Å². The molecule has 2 heterocycles. The number of aryl methyl sites for hydroxylation is 2. The van der Waals surface area contributed by atoms with Gasteiger partial charge in [-0.15, -0.1) is 0 Å². The van der Waals surface area contributed by atoms with E-state index in [1.807, 2.05) is 13.0 Å². The summed E-state index contributed by atoms with van der Waals surface area (Å²) in [5, 5.41) is 7.06. The fourth-order valence-electron chi connectivity index (χ4n) is 2.80. The molecule has 10 heteroatoms. The van der Waals surface area contributed by atoms with E-state index in [4.69, 9.17) is 4.74 Å². The second-order valence-electron chi connectivity index (χ2n) is 6.52. The molecule has 0 radical (unpaired) electrons. The highest BCUT2D eigenvalue weighted by Crippen LogP contribution is 2.29. The van der Waals surface area contributed by atoms with Gasteiger partial charge in [0.1, 0.15) is 5.69 Å². The maximum Gasteiger partial charge on any atom is 0.433 e. The van der Waals surface area contributed by atoms with E-state index in [0.29, 0.717) is 18.8 Å². The number of nitrogens with one attached hydrogen (secondary N) is 1. The molecule has 0 unspecified atom stereocenters. The predicted octanol–water partition coefficient (Wildman–Crippen LogP) is 4.36. The molecular weight excluding hydrogens is 399 g/mol. The van der Waals surface area contributed by atoms with Gasteiger partial charge in [-0.05, 0) is 43.2 Å². The van der Waals surface area contributed by atoms with Crippen LogP contribution in [0.15, 0.2) is 42.9 Å². The summed E-state index contributed by atoms with van der Waals surface area (Å²) in [6.07, 6.45) is 0.170. The maximum absolute atomic E-state index is 12.9. The van der Waals surface area contributed by atoms with Crippen LogP contribution in [0.5, 0.6) is 0 Å². The zero-order valence-electron chi connectivity index (χ0n) is 16.4. The first-order valence-electron chi connectivity index (χ1n) is 9.22. The Morgan fingerprint density at radius 3 is 2.77 bits per heavy atom. The predicted molar refractivity (Wildman–Crippen MR) is 104 cm³/mol. The number of carbonyl (C=O) groups excluding carboxylic acids is 1. The lowest BCUT2D eigenvalue weighted by Gasteiger charge is -2.10. The van der Waals surface area contributed by atoms with Crippen molar-refractivity contribution in [1.29, 1.82) is 0 Å². The van der Waals surface area contributed by atoms with Gasteiger partial charge in [0, 0.05) is 23.6 Å². The molecule has 0 saturated heterocycles. The summed E-state index contributed by atoms with van der Waals surface area (Å²) >= 11 is 0. The van der Waals surface area contributed by atoms with Gasteiger partial charge in [-0.25, -0.2) is 9.97 Å². The minimum absolute atomic E-state index is 0.147. The SMILES string of the molecule is CCOC(=O)CCn1cc(-c2cc(C)cc(Nc3nccc(C(F)(F)F)n3)c2)cn1. The molecule has 158 valence electrons. The summed E-state index contributed by atoms with van der Waals surface area (Å²) in [6.45, 7) is 4.33. The number of nitrogens with zero attached hydrogens (tertiary/aromatic N) is 4. The highest BCUT2D eigenvalue weighted by molar-refractivity contribution is 5.70. The molecule has 0 spiro atoms. The third-order valence-electron chi connectivity index (χ3n) is 4.10. The lowest BCUT2D eigenvalue weighted by molar-refractivity contribution is -0.143. The quantitative estimate of drug-likeness (QED) is 0.573. The van der Waals surface area contributed by atoms with E-state index in [1.54, 1.807) is 36.1 Å². The van der Waals surface area contributed by atoms with Gasteiger partial charge in [-0.3, -0.25) is 9.48 Å². The zero-order chi connectivity index (χ0) is 21.7. The molecular formula is C20H20F3N5O2. The molecule has 0 amide bonds. The number of anilines is 2. The van der Waals surface area contributed by atoms with E-state index >= 15 is 0 Å². The Morgan fingerprint density at radius 2 is 2.03 bits per heavy atom. The number of benzene rings is 1. The highest BCUT2D eigenvalue weighted by Gasteiger charge is 2.32. The molecule has 0 atom stereocenters. The smallest absolute Gasteiger partial charge is 0.433 e. The Kier molecular flexibility index (Phi) is 6.34. The van der Waals surface area contributed by atoms with Gasteiger partial charge in [0.2, 0.25) is 5.95 Å². The first-order chi connectivity index (χ1) is 14.2. The van der Waals surface area contributed by atoms with Gasteiger partial charge in [0.05, 0.1) is 25.8 Å². The van der Waals surface area contributed by atoms with Gasteiger partial charge in [-0.1, -0.05) is 6.07 Å². The van der Waals surface area contributed by atoms with Crippen molar-refractivity contribution >= 4 is 17.6 Å². The van der Waals surface area contributed by atoms with Gasteiger partial charge < -0.3 is 10.1 Å². The monoisotopic (exact) mass is 419 g/mol. The fourth-order valence-corrected chi connectivity index (χ4v) is 2.80. The van der Waals surface area contributed by atoms with Crippen LogP contribution < -0.4 is 5.32 Å². The van der Waals surface area contributed by atoms with Crippen molar-refractivity contribution in [3.63, 3.8) is 0 Å². The molecule has 0 aliphatic carbocycles. The summed E-state index contributed by atoms with van der Waals surface area (Å²) in [5.41, 5.74) is 2.03. The van der Waals surface area contributed by atoms with Crippen LogP contribution in [0.25, 0.3) is 11.1 Å². The zero-order valence-corrected chi connectivity index (χ0v) is 16.4. The van der Waals surface area contributed by atoms with Crippen LogP contribution in [-0.2, 0) is 22.3 Å². The molecule has 7 nitrogen and oxygen atoms in total. The minimum Gasteiger partial charge on any atom is -0.466 e. The number of alkyl halides is 3. The van der Waals surface area contributed by atoms with Crippen LogP contribution in [0.4, 0.5) is 24.8 Å². The van der Waals surface area contributed by atoms with E-state index < -0.39 is 11.9 Å². The highest BCUT2D eigenvalue weighted by atomic mass is 19.4. The van der Waals surface area contributed by atoms with Crippen LogP contribution in [-0.4, -0.2) is 32.3 Å². The molecule has 2 aromatic heterocycles. The molecule has 30 heavy (non-hydrogen) atoms. The van der Waals surface area contributed by atoms with Gasteiger partial charge in [0.15, 0.2) is 0 Å². The van der Waals surface area contributed by atoms with Crippen molar-refractivity contribution in [2.24, 2.45) is 0 Å². The Bertz CT molecular complexity index is 1030. The largest absolute Gasteiger partial charge is 0.466 e. The molecule has 1 N–H and O–H groups in total. The average Bonchev–Trinajstić information content (AvgIpc) is 3.15. The standard InChI is InChI=1S/C20H20F3N5O2/c1-3-30-18(29)5-7-28-12-15(11-25-28)14-8-13(2)9-16(10-14)26-19-24-6-4-17(27-19)20(21,22)23/h4,6,8-12H,3,5,7H2,1-2H3,(H,24,26,27). The summed E-state index contributed by atoms with van der Waals surface area (Å²) in [4.78, 5) is 18.9. The van der Waals surface area contributed by atoms with Crippen LogP contribution in [0, 0.1) is 6.92 Å². The van der Waals surface area contributed by atoms with Crippen LogP contribution in [0.1, 0.15) is 24.6 Å². The summed E-state index contributed by atoms with van der Waals surface area (Å²) in [5.74, 6) is -0.441. The van der Waals surface area contributed by atoms with E-state index in [9.17, 15) is 18.0 Å². The van der Waals surface area contributed by atoms with Crippen molar-refractivity contribution in [2.75, 3.05) is 11.9 Å². The number of aromatic nitrogens is 4. The number of hydrogen-bond acceptors (Lipinski definition) is 6. The Morgan fingerprint density at radius 1 is 1.23 bits per heavy atom. The first kappa shape index (κ1) is 21.3. The van der Waals surface area contributed by atoms with Crippen molar-refractivity contribution in [1.82, 2.24) is 19.7 Å². The Labute approximate surface area is 170 Å². The minimum atomic E-state index is -4.55. The molecule has 0 saturated carbocycles. The number of halogens is 3. The number of rotatable bonds is 7. The van der Waals surface area contributed by atoms with E-state index in [2.05, 4.69) is 20.4 Å². The third-order valence-corrected chi connectivity index (χ3v) is 4.10. The normalized spacial score (nSPS) is 11.4. The Hall–Kier alpha value is -3.43. The topological polar surface area (TPSA) is 81.9 Å². The van der Waals surface area contributed by atoms with Gasteiger partial charge in [-0.2, -0.15) is 18.3 Å². The van der Waals surface area contributed by atoms with Gasteiger partial charge in [0.25, 0.3) is 0 Å². The average molecular weight is 419 g/mol. The first-order valence-corrected chi connectivity index (χ1v) is 9.22. The molecule has 0 bridgehead atoms. The Balaban J connectivity index is 1.77. The van der Waals surface area contributed by atoms with E-state index in [-0.39, 0.29) is 18.3 Å². The van der Waals surface area contributed by atoms with Gasteiger partial charge >= 0.3 is 12.1 Å². The van der Waals surface area contributed by atoms with Crippen molar-refractivity contribution in [3.05, 3.63) is 54.1 Å². The van der Waals surface area contributed by atoms with E-state index in [1.165, 1.54) is 0 Å². The molecule has 3 rings (SSSR count). The molecule has 0 aliphatic rings. The summed E-state index contributed by atoms with van der Waals surface area (Å²) in [7, 11) is 0. The second kappa shape index (κ2) is 8.93. The summed E-state index contributed by atoms with van der Waals surface area (Å²) < 4.78 is 45.1. The van der Waals surface area contributed by atoms with Crippen molar-refractivity contribution < 1.29 is 22.7 Å². The second-order valence-corrected chi connectivity index (χ2v) is 6.52. The number of hydrogen-bond donors (Lipinski definition) is 1. The molecule has 0 fully saturated rings. The van der Waals surface area contributed by atoms with E-state index in [0.717, 1.165) is 29.0 Å². The number of carbonyl (C=O) groups is 1. The molecule has 0 aliphatic heterocycles. The van der Waals surface area contributed by atoms with Crippen molar-refractivity contribution in [3.8, 4) is 11.1 Å². The van der Waals surface area contributed by atoms with Crippen LogP contribution in [0.2, 0.25) is 0 Å². The number of ether oxygens (including phenoxy) is 1. The van der Waals surface area contributed by atoms with Crippen LogP contribution in [0.3, 0.4) is 0 Å². The third kappa shape index (κ3) is 5.56. The summed E-state index contributed by atoms with van der Waals surface area (Å²) in [6, 6.07) is 6.28. The fraction of sp³-hybridized carbons (Fsp3) is 0.300. The lowest BCUT2D eigenvalue weighted by Crippen LogP contribution is -2.10. The maximum atomic E-state index is 12.9.